The largest absolute Gasteiger partial charge is 0.476 e. The fourth-order valence-electron chi connectivity index (χ4n) is 3.43. The number of aromatic nitrogens is 2. The molecule has 0 amide bonds. The molecule has 0 saturated heterocycles. The Morgan fingerprint density at radius 2 is 2.23 bits per heavy atom. The van der Waals surface area contributed by atoms with Crippen molar-refractivity contribution in [1.29, 1.82) is 0 Å². The summed E-state index contributed by atoms with van der Waals surface area (Å²) in [4.78, 5) is 16.1. The van der Waals surface area contributed by atoms with Crippen LogP contribution in [0.2, 0.25) is 5.15 Å². The van der Waals surface area contributed by atoms with E-state index in [1.807, 2.05) is 0 Å². The summed E-state index contributed by atoms with van der Waals surface area (Å²) in [5.41, 5.74) is 2.63. The van der Waals surface area contributed by atoms with Crippen LogP contribution in [-0.2, 0) is 13.0 Å². The molecule has 1 fully saturated rings. The monoisotopic (exact) mass is 388 g/mol. The second-order valence-corrected chi connectivity index (χ2v) is 8.22. The number of halogens is 1. The molecule has 0 atom stereocenters. The van der Waals surface area contributed by atoms with Gasteiger partial charge in [-0.3, -0.25) is 0 Å². The predicted octanol–water partition coefficient (Wildman–Crippen LogP) is 5.72. The van der Waals surface area contributed by atoms with Crippen molar-refractivity contribution in [2.45, 2.75) is 51.5 Å². The number of aryl methyl sites for hydroxylation is 1. The van der Waals surface area contributed by atoms with Gasteiger partial charge in [0, 0.05) is 11.1 Å². The van der Waals surface area contributed by atoms with Gasteiger partial charge in [0.15, 0.2) is 10.8 Å². The minimum atomic E-state index is -1.02. The molecule has 4 rings (SSSR count). The predicted molar refractivity (Wildman–Crippen MR) is 106 cm³/mol. The molecule has 6 heteroatoms. The standard InChI is InChI=1S/C20H21ClN2O2S/c1-2-3-4-17-22-19(21)18(20(24)25)23(17)10-14-11-26-16-8-7-13(9-15(14)16)12-5-6-12/h7-9,11-12H,2-6,10H2,1H3,(H,24,25). The molecular formula is C20H21ClN2O2S. The molecule has 0 spiro atoms. The van der Waals surface area contributed by atoms with E-state index in [2.05, 4.69) is 35.5 Å². The normalized spacial score (nSPS) is 14.2. The van der Waals surface area contributed by atoms with Crippen LogP contribution in [0.5, 0.6) is 0 Å². The van der Waals surface area contributed by atoms with E-state index in [0.29, 0.717) is 12.5 Å². The van der Waals surface area contributed by atoms with E-state index in [1.54, 1.807) is 15.9 Å². The van der Waals surface area contributed by atoms with Crippen molar-refractivity contribution < 1.29 is 9.90 Å². The minimum absolute atomic E-state index is 0.0850. The zero-order valence-corrected chi connectivity index (χ0v) is 16.2. The van der Waals surface area contributed by atoms with Crippen molar-refractivity contribution in [1.82, 2.24) is 9.55 Å². The highest BCUT2D eigenvalue weighted by molar-refractivity contribution is 7.17. The summed E-state index contributed by atoms with van der Waals surface area (Å²) >= 11 is 7.85. The lowest BCUT2D eigenvalue weighted by Gasteiger charge is -2.10. The number of imidazole rings is 1. The lowest BCUT2D eigenvalue weighted by atomic mass is 10.1. The fourth-order valence-corrected chi connectivity index (χ4v) is 4.64. The van der Waals surface area contributed by atoms with Crippen molar-refractivity contribution in [3.8, 4) is 0 Å². The van der Waals surface area contributed by atoms with E-state index in [0.717, 1.165) is 30.7 Å². The number of unbranched alkanes of at least 4 members (excludes halogenated alkanes) is 1. The molecular weight excluding hydrogens is 368 g/mol. The van der Waals surface area contributed by atoms with Crippen LogP contribution < -0.4 is 0 Å². The van der Waals surface area contributed by atoms with Crippen LogP contribution in [-0.4, -0.2) is 20.6 Å². The Bertz CT molecular complexity index is 972. The third-order valence-electron chi connectivity index (χ3n) is 5.02. The second kappa shape index (κ2) is 7.05. The van der Waals surface area contributed by atoms with Gasteiger partial charge in [0.1, 0.15) is 5.82 Å². The van der Waals surface area contributed by atoms with E-state index < -0.39 is 5.97 Å². The third kappa shape index (κ3) is 3.26. The van der Waals surface area contributed by atoms with Gasteiger partial charge in [-0.05, 0) is 59.2 Å². The summed E-state index contributed by atoms with van der Waals surface area (Å²) in [6.45, 7) is 2.60. The van der Waals surface area contributed by atoms with Crippen LogP contribution in [0.4, 0.5) is 0 Å². The number of rotatable bonds is 7. The lowest BCUT2D eigenvalue weighted by molar-refractivity contribution is 0.0685. The Hall–Kier alpha value is -1.85. The molecule has 2 aromatic heterocycles. The SMILES string of the molecule is CCCCc1nc(Cl)c(C(=O)O)n1Cc1csc2ccc(C3CC3)cc12. The number of hydrogen-bond acceptors (Lipinski definition) is 3. The van der Waals surface area contributed by atoms with Crippen molar-refractivity contribution in [2.24, 2.45) is 0 Å². The van der Waals surface area contributed by atoms with E-state index in [1.165, 1.54) is 28.5 Å². The van der Waals surface area contributed by atoms with Gasteiger partial charge >= 0.3 is 5.97 Å². The van der Waals surface area contributed by atoms with Gasteiger partial charge in [-0.25, -0.2) is 9.78 Å². The summed E-state index contributed by atoms with van der Waals surface area (Å²) in [5, 5.41) is 13.0. The first-order valence-electron chi connectivity index (χ1n) is 9.06. The molecule has 1 aliphatic carbocycles. The summed E-state index contributed by atoms with van der Waals surface area (Å²) in [6.07, 6.45) is 5.26. The first kappa shape index (κ1) is 17.6. The van der Waals surface area contributed by atoms with E-state index in [-0.39, 0.29) is 10.8 Å². The lowest BCUT2D eigenvalue weighted by Crippen LogP contribution is -2.12. The quantitative estimate of drug-likeness (QED) is 0.563. The number of carboxylic acid groups (broad SMARTS) is 1. The van der Waals surface area contributed by atoms with Crippen molar-refractivity contribution in [3.63, 3.8) is 0 Å². The van der Waals surface area contributed by atoms with Crippen LogP contribution in [0.3, 0.4) is 0 Å². The molecule has 136 valence electrons. The van der Waals surface area contributed by atoms with Gasteiger partial charge < -0.3 is 9.67 Å². The van der Waals surface area contributed by atoms with Crippen LogP contribution in [0.25, 0.3) is 10.1 Å². The van der Waals surface area contributed by atoms with Crippen LogP contribution in [0, 0.1) is 0 Å². The third-order valence-corrected chi connectivity index (χ3v) is 6.29. The summed E-state index contributed by atoms with van der Waals surface area (Å²) < 4.78 is 3.02. The van der Waals surface area contributed by atoms with Crippen LogP contribution in [0.15, 0.2) is 23.6 Å². The Morgan fingerprint density at radius 1 is 1.42 bits per heavy atom. The van der Waals surface area contributed by atoms with Gasteiger partial charge in [-0.15, -0.1) is 11.3 Å². The first-order valence-corrected chi connectivity index (χ1v) is 10.3. The molecule has 1 aliphatic rings. The number of carbonyl (C=O) groups is 1. The zero-order valence-electron chi connectivity index (χ0n) is 14.7. The maximum absolute atomic E-state index is 11.7. The van der Waals surface area contributed by atoms with E-state index >= 15 is 0 Å². The molecule has 1 aromatic carbocycles. The molecule has 0 aliphatic heterocycles. The van der Waals surface area contributed by atoms with Crippen molar-refractivity contribution in [2.75, 3.05) is 0 Å². The first-order chi connectivity index (χ1) is 12.6. The van der Waals surface area contributed by atoms with E-state index in [9.17, 15) is 9.90 Å². The van der Waals surface area contributed by atoms with Gasteiger partial charge in [0.05, 0.1) is 6.54 Å². The Kier molecular flexibility index (Phi) is 4.76. The highest BCUT2D eigenvalue weighted by Crippen LogP contribution is 2.42. The van der Waals surface area contributed by atoms with Crippen molar-refractivity contribution >= 4 is 39.0 Å². The average molecular weight is 389 g/mol. The highest BCUT2D eigenvalue weighted by atomic mass is 35.5. The summed E-state index contributed by atoms with van der Waals surface area (Å²) in [6, 6.07) is 6.70. The molecule has 0 radical (unpaired) electrons. The molecule has 26 heavy (non-hydrogen) atoms. The van der Waals surface area contributed by atoms with Crippen molar-refractivity contribution in [3.05, 3.63) is 51.4 Å². The molecule has 4 nitrogen and oxygen atoms in total. The Morgan fingerprint density at radius 3 is 2.92 bits per heavy atom. The fraction of sp³-hybridized carbons (Fsp3) is 0.400. The molecule has 0 unspecified atom stereocenters. The number of fused-ring (bicyclic) bond motifs is 1. The number of benzene rings is 1. The highest BCUT2D eigenvalue weighted by Gasteiger charge is 2.25. The maximum Gasteiger partial charge on any atom is 0.355 e. The van der Waals surface area contributed by atoms with Gasteiger partial charge in [-0.1, -0.05) is 31.0 Å². The van der Waals surface area contributed by atoms with Crippen LogP contribution >= 0.6 is 22.9 Å². The Balaban J connectivity index is 1.75. The number of nitrogens with zero attached hydrogens (tertiary/aromatic N) is 2. The number of aromatic carboxylic acids is 1. The van der Waals surface area contributed by atoms with Gasteiger partial charge in [0.2, 0.25) is 0 Å². The zero-order chi connectivity index (χ0) is 18.3. The average Bonchev–Trinajstić information content (AvgIpc) is 3.32. The number of thiophene rings is 1. The molecule has 1 saturated carbocycles. The molecule has 0 bridgehead atoms. The second-order valence-electron chi connectivity index (χ2n) is 6.95. The minimum Gasteiger partial charge on any atom is -0.476 e. The Labute approximate surface area is 161 Å². The van der Waals surface area contributed by atoms with Crippen LogP contribution in [0.1, 0.15) is 66.0 Å². The molecule has 2 heterocycles. The molecule has 1 N–H and O–H groups in total. The summed E-state index contributed by atoms with van der Waals surface area (Å²) in [7, 11) is 0. The van der Waals surface area contributed by atoms with E-state index in [4.69, 9.17) is 11.6 Å². The van der Waals surface area contributed by atoms with Gasteiger partial charge in [-0.2, -0.15) is 0 Å². The smallest absolute Gasteiger partial charge is 0.355 e. The molecule has 3 aromatic rings. The maximum atomic E-state index is 11.7. The number of hydrogen-bond donors (Lipinski definition) is 1. The summed E-state index contributed by atoms with van der Waals surface area (Å²) in [5.74, 6) is 0.430. The topological polar surface area (TPSA) is 55.1 Å². The van der Waals surface area contributed by atoms with Gasteiger partial charge in [0.25, 0.3) is 0 Å². The number of carboxylic acids is 1.